The fourth-order valence-corrected chi connectivity index (χ4v) is 10.5. The Morgan fingerprint density at radius 2 is 0.718 bits per heavy atom. The topological polar surface area (TPSA) is 57.2 Å². The maximum absolute atomic E-state index is 12.2. The summed E-state index contributed by atoms with van der Waals surface area (Å²) in [6.07, 6.45) is 1.04. The molecule has 0 saturated carbocycles. The van der Waals surface area contributed by atoms with E-state index in [1.54, 1.807) is 28.4 Å². The van der Waals surface area contributed by atoms with Crippen molar-refractivity contribution < 1.29 is 24.1 Å². The highest BCUT2D eigenvalue weighted by Gasteiger charge is 2.35. The fourth-order valence-electron chi connectivity index (χ4n) is 4.74. The summed E-state index contributed by atoms with van der Waals surface area (Å²) in [6, 6.07) is 32.3. The van der Waals surface area contributed by atoms with Gasteiger partial charge in [-0.15, -0.1) is 0 Å². The standard InChI is InChI=1S/C32H36O5P2/c1-32(33,22-38(28-18-10-6-14-24(28)34-2)29-19-11-7-15-25(29)35-3)23-39(30-20-12-8-16-26(30)36-4)31-21-13-9-17-27(31)37-5/h6-21,33H,22-23H2,1-5H3. The van der Waals surface area contributed by atoms with Crippen LogP contribution in [0.3, 0.4) is 0 Å². The van der Waals surface area contributed by atoms with Gasteiger partial charge in [-0.1, -0.05) is 72.8 Å². The molecule has 0 amide bonds. The Bertz CT molecular complexity index is 1180. The summed E-state index contributed by atoms with van der Waals surface area (Å²) in [7, 11) is 4.69. The molecule has 0 spiro atoms. The highest BCUT2D eigenvalue weighted by atomic mass is 31.1. The second kappa shape index (κ2) is 13.3. The molecule has 4 aromatic carbocycles. The van der Waals surface area contributed by atoms with Gasteiger partial charge in [-0.05, 0) is 47.0 Å². The van der Waals surface area contributed by atoms with E-state index in [4.69, 9.17) is 18.9 Å². The van der Waals surface area contributed by atoms with Gasteiger partial charge in [-0.3, -0.25) is 0 Å². The molecule has 0 aliphatic rings. The van der Waals surface area contributed by atoms with E-state index in [-0.39, 0.29) is 0 Å². The Hall–Kier alpha value is -3.10. The molecule has 39 heavy (non-hydrogen) atoms. The average Bonchev–Trinajstić information content (AvgIpc) is 2.98. The third-order valence-corrected chi connectivity index (χ3v) is 12.3. The van der Waals surface area contributed by atoms with Crippen LogP contribution in [0.2, 0.25) is 0 Å². The minimum atomic E-state index is -1.04. The van der Waals surface area contributed by atoms with Gasteiger partial charge >= 0.3 is 0 Å². The van der Waals surface area contributed by atoms with E-state index in [1.165, 1.54) is 0 Å². The lowest BCUT2D eigenvalue weighted by atomic mass is 10.2. The summed E-state index contributed by atoms with van der Waals surface area (Å²) in [4.78, 5) is 0. The van der Waals surface area contributed by atoms with Gasteiger partial charge in [0.25, 0.3) is 0 Å². The van der Waals surface area contributed by atoms with Crippen molar-refractivity contribution in [3.05, 3.63) is 97.1 Å². The molecule has 4 aromatic rings. The second-order valence-electron chi connectivity index (χ2n) is 9.36. The van der Waals surface area contributed by atoms with Gasteiger partial charge in [0.05, 0.1) is 34.0 Å². The lowest BCUT2D eigenvalue weighted by Crippen LogP contribution is -2.38. The molecular weight excluding hydrogens is 526 g/mol. The van der Waals surface area contributed by atoms with Gasteiger partial charge < -0.3 is 24.1 Å². The van der Waals surface area contributed by atoms with Crippen LogP contribution >= 0.6 is 15.8 Å². The average molecular weight is 563 g/mol. The zero-order valence-electron chi connectivity index (χ0n) is 23.1. The molecule has 0 aromatic heterocycles. The fraction of sp³-hybridized carbons (Fsp3) is 0.250. The molecule has 0 aliphatic carbocycles. The normalized spacial score (nSPS) is 11.5. The van der Waals surface area contributed by atoms with Gasteiger partial charge in [0, 0.05) is 33.5 Å². The van der Waals surface area contributed by atoms with Crippen LogP contribution in [0, 0.1) is 0 Å². The van der Waals surface area contributed by atoms with Crippen molar-refractivity contribution in [2.75, 3.05) is 40.8 Å². The van der Waals surface area contributed by atoms with E-state index in [9.17, 15) is 5.11 Å². The maximum atomic E-state index is 12.2. The van der Waals surface area contributed by atoms with Crippen LogP contribution in [0.4, 0.5) is 0 Å². The molecule has 0 unspecified atom stereocenters. The van der Waals surface area contributed by atoms with Gasteiger partial charge in [0.1, 0.15) is 23.0 Å². The third-order valence-electron chi connectivity index (χ3n) is 6.50. The van der Waals surface area contributed by atoms with Gasteiger partial charge in [0.2, 0.25) is 0 Å². The van der Waals surface area contributed by atoms with Gasteiger partial charge in [-0.2, -0.15) is 0 Å². The Kier molecular flexibility index (Phi) is 9.86. The lowest BCUT2D eigenvalue weighted by molar-refractivity contribution is 0.110. The number of benzene rings is 4. The van der Waals surface area contributed by atoms with Crippen molar-refractivity contribution >= 4 is 37.1 Å². The Morgan fingerprint density at radius 3 is 0.949 bits per heavy atom. The first-order valence-corrected chi connectivity index (χ1v) is 15.8. The van der Waals surface area contributed by atoms with Crippen molar-refractivity contribution in [2.24, 2.45) is 0 Å². The van der Waals surface area contributed by atoms with Crippen LogP contribution in [0.25, 0.3) is 0 Å². The SMILES string of the molecule is COc1ccccc1P(CC(C)(O)CP(c1ccccc1OC)c1ccccc1OC)c1ccccc1OC. The van der Waals surface area contributed by atoms with Crippen molar-refractivity contribution in [1.29, 1.82) is 0 Å². The van der Waals surface area contributed by atoms with Crippen LogP contribution in [-0.4, -0.2) is 51.5 Å². The van der Waals surface area contributed by atoms with E-state index in [0.717, 1.165) is 44.2 Å². The summed E-state index contributed by atoms with van der Waals surface area (Å²) >= 11 is 0. The molecular formula is C32H36O5P2. The Morgan fingerprint density at radius 1 is 0.487 bits per heavy atom. The second-order valence-corrected chi connectivity index (χ2v) is 13.6. The summed E-state index contributed by atoms with van der Waals surface area (Å²) in [5.41, 5.74) is -1.04. The van der Waals surface area contributed by atoms with E-state index < -0.39 is 21.4 Å². The number of hydrogen-bond acceptors (Lipinski definition) is 5. The Balaban J connectivity index is 1.80. The largest absolute Gasteiger partial charge is 0.496 e. The van der Waals surface area contributed by atoms with Crippen molar-refractivity contribution in [1.82, 2.24) is 0 Å². The Labute approximate surface area is 234 Å². The predicted octanol–water partition coefficient (Wildman–Crippen LogP) is 5.04. The van der Waals surface area contributed by atoms with Crippen LogP contribution in [0.1, 0.15) is 6.92 Å². The molecule has 1 N–H and O–H groups in total. The minimum Gasteiger partial charge on any atom is -0.496 e. The molecule has 0 radical (unpaired) electrons. The molecule has 4 rings (SSSR count). The first-order chi connectivity index (χ1) is 18.9. The van der Waals surface area contributed by atoms with E-state index in [0.29, 0.717) is 12.3 Å². The summed E-state index contributed by atoms with van der Waals surface area (Å²) in [5.74, 6) is 3.23. The number of hydrogen-bond donors (Lipinski definition) is 1. The molecule has 5 nitrogen and oxygen atoms in total. The quantitative estimate of drug-likeness (QED) is 0.245. The number of rotatable bonds is 12. The summed E-state index contributed by atoms with van der Waals surface area (Å²) in [5, 5.41) is 16.5. The highest BCUT2D eigenvalue weighted by Crippen LogP contribution is 2.48. The number of aliphatic hydroxyl groups is 1. The molecule has 0 fully saturated rings. The molecule has 0 atom stereocenters. The molecule has 7 heteroatoms. The maximum Gasteiger partial charge on any atom is 0.126 e. The van der Waals surface area contributed by atoms with Crippen molar-refractivity contribution in [3.8, 4) is 23.0 Å². The highest BCUT2D eigenvalue weighted by molar-refractivity contribution is 7.74. The molecule has 0 bridgehead atoms. The zero-order chi connectivity index (χ0) is 27.8. The van der Waals surface area contributed by atoms with E-state index in [2.05, 4.69) is 24.3 Å². The predicted molar refractivity (Wildman–Crippen MR) is 165 cm³/mol. The summed E-state index contributed by atoms with van der Waals surface area (Å²) in [6.45, 7) is 1.94. The van der Waals surface area contributed by atoms with Gasteiger partial charge in [0.15, 0.2) is 0 Å². The van der Waals surface area contributed by atoms with Crippen molar-refractivity contribution in [3.63, 3.8) is 0 Å². The molecule has 204 valence electrons. The molecule has 0 saturated heterocycles. The molecule has 0 aliphatic heterocycles. The van der Waals surface area contributed by atoms with Crippen LogP contribution in [0.15, 0.2) is 97.1 Å². The van der Waals surface area contributed by atoms with Gasteiger partial charge in [-0.25, -0.2) is 0 Å². The number of methoxy groups -OCH3 is 4. The lowest BCUT2D eigenvalue weighted by Gasteiger charge is -2.34. The first kappa shape index (κ1) is 28.9. The first-order valence-electron chi connectivity index (χ1n) is 12.7. The number of ether oxygens (including phenoxy) is 4. The number of para-hydroxylation sites is 4. The molecule has 0 heterocycles. The van der Waals surface area contributed by atoms with E-state index in [1.807, 2.05) is 79.7 Å². The zero-order valence-corrected chi connectivity index (χ0v) is 24.9. The smallest absolute Gasteiger partial charge is 0.126 e. The third kappa shape index (κ3) is 6.73. The van der Waals surface area contributed by atoms with Crippen LogP contribution in [-0.2, 0) is 0 Å². The van der Waals surface area contributed by atoms with E-state index >= 15 is 0 Å². The minimum absolute atomic E-state index is 0.520. The van der Waals surface area contributed by atoms with Crippen LogP contribution in [0.5, 0.6) is 23.0 Å². The summed E-state index contributed by atoms with van der Waals surface area (Å²) < 4.78 is 23.1. The van der Waals surface area contributed by atoms with Crippen molar-refractivity contribution in [2.45, 2.75) is 12.5 Å². The van der Waals surface area contributed by atoms with Crippen LogP contribution < -0.4 is 40.2 Å². The monoisotopic (exact) mass is 562 g/mol.